The largest absolute Gasteiger partial charge is 0.497 e. The molecule has 0 amide bonds. The van der Waals surface area contributed by atoms with E-state index < -0.39 is 24.3 Å². The fraction of sp³-hybridized carbons (Fsp3) is 0.529. The van der Waals surface area contributed by atoms with Gasteiger partial charge in [-0.2, -0.15) is 0 Å². The number of carbonyl (C=O) groups excluding carboxylic acids is 1. The van der Waals surface area contributed by atoms with E-state index in [1.807, 2.05) is 46.2 Å². The third-order valence-electron chi connectivity index (χ3n) is 5.15. The smallest absolute Gasteiger partial charge is 0.465 e. The van der Waals surface area contributed by atoms with E-state index in [0.29, 0.717) is 5.56 Å². The van der Waals surface area contributed by atoms with Gasteiger partial charge in [-0.15, -0.1) is 0 Å². The first-order chi connectivity index (χ1) is 11.1. The third kappa shape index (κ3) is 2.43. The quantitative estimate of drug-likeness (QED) is 0.622. The minimum Gasteiger partial charge on any atom is -0.465 e. The molecule has 2 aromatic rings. The number of methoxy groups -OCH3 is 1. The Morgan fingerprint density at radius 3 is 2.33 bits per heavy atom. The average molecular weight is 330 g/mol. The van der Waals surface area contributed by atoms with Gasteiger partial charge in [0.25, 0.3) is 0 Å². The van der Waals surface area contributed by atoms with Crippen molar-refractivity contribution < 1.29 is 18.8 Å². The van der Waals surface area contributed by atoms with E-state index in [1.165, 1.54) is 7.11 Å². The molecule has 0 N–H and O–H groups in total. The molecule has 6 nitrogen and oxygen atoms in total. The normalized spacial score (nSPS) is 19.0. The van der Waals surface area contributed by atoms with E-state index in [9.17, 15) is 4.79 Å². The summed E-state index contributed by atoms with van der Waals surface area (Å²) >= 11 is 0. The van der Waals surface area contributed by atoms with Crippen LogP contribution in [0.15, 0.2) is 12.1 Å². The molecule has 1 aromatic heterocycles. The van der Waals surface area contributed by atoms with E-state index in [4.69, 9.17) is 14.0 Å². The van der Waals surface area contributed by atoms with E-state index in [0.717, 1.165) is 22.3 Å². The second-order valence-electron chi connectivity index (χ2n) is 7.23. The van der Waals surface area contributed by atoms with Crippen molar-refractivity contribution in [3.05, 3.63) is 23.5 Å². The van der Waals surface area contributed by atoms with Crippen molar-refractivity contribution in [2.45, 2.75) is 45.8 Å². The third-order valence-corrected chi connectivity index (χ3v) is 5.15. The maximum absolute atomic E-state index is 12.0. The first kappa shape index (κ1) is 17.0. The van der Waals surface area contributed by atoms with Gasteiger partial charge in [0.05, 0.1) is 34.9 Å². The highest BCUT2D eigenvalue weighted by Crippen LogP contribution is 2.37. The number of ether oxygens (including phenoxy) is 1. The van der Waals surface area contributed by atoms with Gasteiger partial charge in [-0.25, -0.2) is 9.78 Å². The lowest BCUT2D eigenvalue weighted by molar-refractivity contribution is 0.00578. The molecule has 0 bridgehead atoms. The Balaban J connectivity index is 2.21. The molecule has 0 atom stereocenters. The summed E-state index contributed by atoms with van der Waals surface area (Å²) in [5.41, 5.74) is 1.93. The highest BCUT2D eigenvalue weighted by atomic mass is 16.7. The van der Waals surface area contributed by atoms with Gasteiger partial charge in [-0.3, -0.25) is 0 Å². The van der Waals surface area contributed by atoms with Crippen molar-refractivity contribution in [3.8, 4) is 0 Å². The van der Waals surface area contributed by atoms with E-state index in [2.05, 4.69) is 4.98 Å². The summed E-state index contributed by atoms with van der Waals surface area (Å²) < 4.78 is 19.2. The second-order valence-corrected chi connectivity index (χ2v) is 7.23. The van der Waals surface area contributed by atoms with Gasteiger partial charge in [0.1, 0.15) is 5.82 Å². The summed E-state index contributed by atoms with van der Waals surface area (Å²) in [6, 6.07) is 3.51. The van der Waals surface area contributed by atoms with Gasteiger partial charge in [0.2, 0.25) is 0 Å². The van der Waals surface area contributed by atoms with Crippen molar-refractivity contribution in [2.24, 2.45) is 7.05 Å². The molecule has 1 saturated heterocycles. The van der Waals surface area contributed by atoms with E-state index >= 15 is 0 Å². The minimum absolute atomic E-state index is 0.405. The van der Waals surface area contributed by atoms with Gasteiger partial charge < -0.3 is 18.6 Å². The Kier molecular flexibility index (Phi) is 3.77. The molecule has 7 heteroatoms. The Morgan fingerprint density at radius 1 is 1.21 bits per heavy atom. The van der Waals surface area contributed by atoms with Gasteiger partial charge in [-0.05, 0) is 46.8 Å². The average Bonchev–Trinajstić information content (AvgIpc) is 2.90. The molecule has 1 aromatic carbocycles. The first-order valence-electron chi connectivity index (χ1n) is 7.98. The highest BCUT2D eigenvalue weighted by molar-refractivity contribution is 6.65. The van der Waals surface area contributed by atoms with Crippen LogP contribution in [0.2, 0.25) is 0 Å². The molecular formula is C17H23BN2O4. The van der Waals surface area contributed by atoms with Crippen molar-refractivity contribution in [2.75, 3.05) is 7.11 Å². The highest BCUT2D eigenvalue weighted by Gasteiger charge is 2.52. The predicted molar refractivity (Wildman–Crippen MR) is 92.5 cm³/mol. The zero-order valence-corrected chi connectivity index (χ0v) is 15.3. The minimum atomic E-state index is -0.572. The number of carbonyl (C=O) groups is 1. The first-order valence-corrected chi connectivity index (χ1v) is 7.98. The zero-order valence-electron chi connectivity index (χ0n) is 15.3. The molecule has 128 valence electrons. The van der Waals surface area contributed by atoms with Gasteiger partial charge in [-0.1, -0.05) is 0 Å². The number of benzene rings is 1. The Bertz CT molecular complexity index is 810. The van der Waals surface area contributed by atoms with Gasteiger partial charge in [0, 0.05) is 12.5 Å². The van der Waals surface area contributed by atoms with Crippen LogP contribution in [-0.2, 0) is 21.1 Å². The maximum Gasteiger partial charge on any atom is 0.497 e. The van der Waals surface area contributed by atoms with Crippen LogP contribution in [0.3, 0.4) is 0 Å². The fourth-order valence-electron chi connectivity index (χ4n) is 2.89. The lowest BCUT2D eigenvalue weighted by Gasteiger charge is -2.32. The molecule has 0 saturated carbocycles. The molecule has 1 aliphatic rings. The van der Waals surface area contributed by atoms with Crippen LogP contribution in [0, 0.1) is 6.92 Å². The molecule has 2 heterocycles. The van der Waals surface area contributed by atoms with Crippen molar-refractivity contribution in [1.29, 1.82) is 0 Å². The SMILES string of the molecule is COC(=O)c1cc(B2OC(C)(C)C(C)(C)O2)c2c(c1)nc(C)n2C. The van der Waals surface area contributed by atoms with E-state index in [1.54, 1.807) is 12.1 Å². The summed E-state index contributed by atoms with van der Waals surface area (Å²) in [6.45, 7) is 9.93. The molecule has 0 spiro atoms. The topological polar surface area (TPSA) is 62.6 Å². The zero-order chi connectivity index (χ0) is 17.9. The molecule has 24 heavy (non-hydrogen) atoms. The van der Waals surface area contributed by atoms with Crippen LogP contribution in [0.5, 0.6) is 0 Å². The Morgan fingerprint density at radius 2 is 1.79 bits per heavy atom. The number of fused-ring (bicyclic) bond motifs is 1. The maximum atomic E-state index is 12.0. The molecule has 0 radical (unpaired) electrons. The second kappa shape index (κ2) is 5.32. The summed E-state index contributed by atoms with van der Waals surface area (Å²) in [4.78, 5) is 16.6. The number of rotatable bonds is 2. The lowest BCUT2D eigenvalue weighted by atomic mass is 9.77. The Hall–Kier alpha value is -1.86. The Labute approximate surface area is 142 Å². The summed E-state index contributed by atoms with van der Waals surface area (Å²) in [6.07, 6.45) is 0. The van der Waals surface area contributed by atoms with Crippen LogP contribution < -0.4 is 5.46 Å². The summed E-state index contributed by atoms with van der Waals surface area (Å²) in [7, 11) is 2.74. The summed E-state index contributed by atoms with van der Waals surface area (Å²) in [5.74, 6) is 0.447. The lowest BCUT2D eigenvalue weighted by Crippen LogP contribution is -2.41. The van der Waals surface area contributed by atoms with Gasteiger partial charge in [0.15, 0.2) is 0 Å². The standard InChI is InChI=1S/C17H23BN2O4/c1-10-19-13-9-11(15(21)22-7)8-12(14(13)20(10)6)18-23-16(2,3)17(4,5)24-18/h8-9H,1-7H3. The molecule has 0 aliphatic carbocycles. The number of aromatic nitrogens is 2. The number of nitrogens with zero attached hydrogens (tertiary/aromatic N) is 2. The number of aryl methyl sites for hydroxylation is 2. The summed E-state index contributed by atoms with van der Waals surface area (Å²) in [5, 5.41) is 0. The molecule has 1 fully saturated rings. The number of esters is 1. The van der Waals surface area contributed by atoms with Crippen LogP contribution >= 0.6 is 0 Å². The van der Waals surface area contributed by atoms with Crippen LogP contribution in [0.1, 0.15) is 43.9 Å². The fourth-order valence-corrected chi connectivity index (χ4v) is 2.89. The van der Waals surface area contributed by atoms with E-state index in [-0.39, 0.29) is 0 Å². The number of hydrogen-bond donors (Lipinski definition) is 0. The number of hydrogen-bond acceptors (Lipinski definition) is 5. The van der Waals surface area contributed by atoms with Crippen LogP contribution in [-0.4, -0.2) is 41.0 Å². The molecule has 3 rings (SSSR count). The molecule has 1 aliphatic heterocycles. The van der Waals surface area contributed by atoms with Crippen LogP contribution in [0.4, 0.5) is 0 Å². The van der Waals surface area contributed by atoms with Crippen molar-refractivity contribution in [3.63, 3.8) is 0 Å². The van der Waals surface area contributed by atoms with Gasteiger partial charge >= 0.3 is 13.1 Å². The molecule has 0 unspecified atom stereocenters. The van der Waals surface area contributed by atoms with Crippen molar-refractivity contribution in [1.82, 2.24) is 9.55 Å². The monoisotopic (exact) mass is 330 g/mol. The number of imidazole rings is 1. The predicted octanol–water partition coefficient (Wildman–Crippen LogP) is 1.97. The molecular weight excluding hydrogens is 307 g/mol. The van der Waals surface area contributed by atoms with Crippen LogP contribution in [0.25, 0.3) is 11.0 Å². The van der Waals surface area contributed by atoms with Crippen molar-refractivity contribution >= 4 is 29.6 Å².